The van der Waals surface area contributed by atoms with Gasteiger partial charge in [-0.25, -0.2) is 0 Å². The number of nitrogens with one attached hydrogen (secondary N) is 1. The number of hydrogen-bond acceptors (Lipinski definition) is 3. The molecule has 0 heterocycles. The highest BCUT2D eigenvalue weighted by atomic mass is 16.3. The number of carbonyl (C=O) groups is 1. The highest BCUT2D eigenvalue weighted by Gasteiger charge is 2.08. The van der Waals surface area contributed by atoms with E-state index >= 15 is 0 Å². The summed E-state index contributed by atoms with van der Waals surface area (Å²) < 4.78 is 0. The summed E-state index contributed by atoms with van der Waals surface area (Å²) in [7, 11) is 0. The summed E-state index contributed by atoms with van der Waals surface area (Å²) >= 11 is 0. The van der Waals surface area contributed by atoms with Crippen molar-refractivity contribution in [3.05, 3.63) is 29.8 Å². The number of phenolic OH excluding ortho intramolecular Hbond substituents is 1. The second kappa shape index (κ2) is 4.62. The molecule has 3 N–H and O–H groups in total. The van der Waals surface area contributed by atoms with Gasteiger partial charge in [-0.15, -0.1) is 0 Å². The van der Waals surface area contributed by atoms with Crippen molar-refractivity contribution >= 4 is 5.91 Å². The van der Waals surface area contributed by atoms with Crippen molar-refractivity contribution in [2.75, 3.05) is 6.61 Å². The molecule has 1 unspecified atom stereocenters. The first kappa shape index (κ1) is 10.5. The van der Waals surface area contributed by atoms with Gasteiger partial charge in [-0.1, -0.05) is 6.07 Å². The summed E-state index contributed by atoms with van der Waals surface area (Å²) in [5.41, 5.74) is 0.380. The van der Waals surface area contributed by atoms with E-state index in [0.717, 1.165) is 0 Å². The molecule has 76 valence electrons. The molecule has 1 aromatic carbocycles. The maximum absolute atomic E-state index is 11.4. The van der Waals surface area contributed by atoms with Crippen LogP contribution in [-0.2, 0) is 0 Å². The minimum absolute atomic E-state index is 0.0503. The molecule has 0 aliphatic heterocycles. The first-order valence-corrected chi connectivity index (χ1v) is 4.34. The zero-order valence-corrected chi connectivity index (χ0v) is 7.90. The molecule has 0 aliphatic rings. The normalized spacial score (nSPS) is 12.1. The maximum atomic E-state index is 11.4. The Morgan fingerprint density at radius 3 is 2.86 bits per heavy atom. The molecule has 0 bridgehead atoms. The number of carbonyl (C=O) groups excluding carboxylic acids is 1. The smallest absolute Gasteiger partial charge is 0.251 e. The summed E-state index contributed by atoms with van der Waals surface area (Å²) in [4.78, 5) is 11.4. The Bertz CT molecular complexity index is 325. The molecule has 0 spiro atoms. The van der Waals surface area contributed by atoms with Crippen LogP contribution in [0.1, 0.15) is 17.3 Å². The van der Waals surface area contributed by atoms with Crippen molar-refractivity contribution in [1.82, 2.24) is 5.32 Å². The van der Waals surface area contributed by atoms with Crippen LogP contribution in [0.5, 0.6) is 5.75 Å². The van der Waals surface area contributed by atoms with E-state index in [1.807, 2.05) is 0 Å². The van der Waals surface area contributed by atoms with Crippen molar-refractivity contribution < 1.29 is 15.0 Å². The SMILES string of the molecule is CC(CO)NC(=O)c1cccc(O)c1. The van der Waals surface area contributed by atoms with Crippen LogP contribution in [0.25, 0.3) is 0 Å². The predicted molar refractivity (Wildman–Crippen MR) is 52.1 cm³/mol. The molecular formula is C10H13NO3. The molecule has 4 heteroatoms. The van der Waals surface area contributed by atoms with Gasteiger partial charge in [-0.05, 0) is 25.1 Å². The van der Waals surface area contributed by atoms with Crippen LogP contribution < -0.4 is 5.32 Å². The molecule has 0 aliphatic carbocycles. The first-order valence-electron chi connectivity index (χ1n) is 4.34. The minimum Gasteiger partial charge on any atom is -0.508 e. The summed E-state index contributed by atoms with van der Waals surface area (Å²) in [5.74, 6) is -0.253. The van der Waals surface area contributed by atoms with Gasteiger partial charge in [0.25, 0.3) is 5.91 Å². The van der Waals surface area contributed by atoms with Crippen LogP contribution in [0, 0.1) is 0 Å². The number of rotatable bonds is 3. The van der Waals surface area contributed by atoms with E-state index in [1.165, 1.54) is 12.1 Å². The summed E-state index contributed by atoms with van der Waals surface area (Å²) in [5, 5.41) is 20.4. The van der Waals surface area contributed by atoms with E-state index in [1.54, 1.807) is 19.1 Å². The third-order valence-corrected chi connectivity index (χ3v) is 1.76. The molecule has 1 amide bonds. The van der Waals surface area contributed by atoms with E-state index < -0.39 is 0 Å². The lowest BCUT2D eigenvalue weighted by Crippen LogP contribution is -2.34. The Balaban J connectivity index is 2.70. The maximum Gasteiger partial charge on any atom is 0.251 e. The first-order chi connectivity index (χ1) is 6.63. The highest BCUT2D eigenvalue weighted by molar-refractivity contribution is 5.94. The van der Waals surface area contributed by atoms with E-state index in [0.29, 0.717) is 5.56 Å². The third-order valence-electron chi connectivity index (χ3n) is 1.76. The summed E-state index contributed by atoms with van der Waals surface area (Å²) in [6, 6.07) is 5.77. The van der Waals surface area contributed by atoms with Crippen LogP contribution in [0.4, 0.5) is 0 Å². The van der Waals surface area contributed by atoms with E-state index in [4.69, 9.17) is 10.2 Å². The Morgan fingerprint density at radius 1 is 1.57 bits per heavy atom. The second-order valence-electron chi connectivity index (χ2n) is 3.11. The number of aromatic hydroxyl groups is 1. The molecule has 1 atom stereocenters. The molecule has 1 aromatic rings. The molecule has 0 saturated carbocycles. The Kier molecular flexibility index (Phi) is 3.48. The molecule has 1 rings (SSSR count). The van der Waals surface area contributed by atoms with Gasteiger partial charge in [0.05, 0.1) is 6.61 Å². The number of benzene rings is 1. The zero-order valence-electron chi connectivity index (χ0n) is 7.90. The van der Waals surface area contributed by atoms with Gasteiger partial charge < -0.3 is 15.5 Å². The number of phenols is 1. The van der Waals surface area contributed by atoms with Crippen LogP contribution in [-0.4, -0.2) is 28.8 Å². The van der Waals surface area contributed by atoms with Crippen molar-refractivity contribution in [3.63, 3.8) is 0 Å². The van der Waals surface area contributed by atoms with Crippen molar-refractivity contribution in [3.8, 4) is 5.75 Å². The largest absolute Gasteiger partial charge is 0.508 e. The molecular weight excluding hydrogens is 182 g/mol. The van der Waals surface area contributed by atoms with E-state index in [9.17, 15) is 4.79 Å². The molecule has 0 aromatic heterocycles. The number of hydrogen-bond donors (Lipinski definition) is 3. The van der Waals surface area contributed by atoms with Gasteiger partial charge in [0, 0.05) is 11.6 Å². The average Bonchev–Trinajstić information content (AvgIpc) is 2.17. The summed E-state index contributed by atoms with van der Waals surface area (Å²) in [6.45, 7) is 1.59. The zero-order chi connectivity index (χ0) is 10.6. The molecule has 0 saturated heterocycles. The van der Waals surface area contributed by atoms with Crippen LogP contribution in [0.2, 0.25) is 0 Å². The topological polar surface area (TPSA) is 69.6 Å². The molecule has 0 radical (unpaired) electrons. The predicted octanol–water partition coefficient (Wildman–Crippen LogP) is 0.503. The quantitative estimate of drug-likeness (QED) is 0.658. The standard InChI is InChI=1S/C10H13NO3/c1-7(6-12)11-10(14)8-3-2-4-9(13)5-8/h2-5,7,12-13H,6H2,1H3,(H,11,14). The molecule has 14 heavy (non-hydrogen) atoms. The molecule has 4 nitrogen and oxygen atoms in total. The Labute approximate surface area is 82.2 Å². The number of aliphatic hydroxyl groups is 1. The van der Waals surface area contributed by atoms with E-state index in [-0.39, 0.29) is 24.3 Å². The van der Waals surface area contributed by atoms with Crippen LogP contribution in [0.15, 0.2) is 24.3 Å². The van der Waals surface area contributed by atoms with Gasteiger partial charge in [-0.3, -0.25) is 4.79 Å². The van der Waals surface area contributed by atoms with Crippen molar-refractivity contribution in [2.24, 2.45) is 0 Å². The van der Waals surface area contributed by atoms with Crippen LogP contribution in [0.3, 0.4) is 0 Å². The van der Waals surface area contributed by atoms with Gasteiger partial charge in [0.1, 0.15) is 5.75 Å². The molecule has 0 fully saturated rings. The van der Waals surface area contributed by atoms with Crippen molar-refractivity contribution in [2.45, 2.75) is 13.0 Å². The van der Waals surface area contributed by atoms with Crippen molar-refractivity contribution in [1.29, 1.82) is 0 Å². The fourth-order valence-corrected chi connectivity index (χ4v) is 1.000. The number of amides is 1. The number of aliphatic hydroxyl groups excluding tert-OH is 1. The Hall–Kier alpha value is -1.55. The highest BCUT2D eigenvalue weighted by Crippen LogP contribution is 2.10. The lowest BCUT2D eigenvalue weighted by molar-refractivity contribution is 0.0922. The fraction of sp³-hybridized carbons (Fsp3) is 0.300. The second-order valence-corrected chi connectivity index (χ2v) is 3.11. The van der Waals surface area contributed by atoms with Gasteiger partial charge in [-0.2, -0.15) is 0 Å². The fourth-order valence-electron chi connectivity index (χ4n) is 1.000. The van der Waals surface area contributed by atoms with Gasteiger partial charge in [0.2, 0.25) is 0 Å². The van der Waals surface area contributed by atoms with E-state index in [2.05, 4.69) is 5.32 Å². The van der Waals surface area contributed by atoms with Gasteiger partial charge >= 0.3 is 0 Å². The lowest BCUT2D eigenvalue weighted by atomic mass is 10.2. The Morgan fingerprint density at radius 2 is 2.29 bits per heavy atom. The monoisotopic (exact) mass is 195 g/mol. The minimum atomic E-state index is -0.303. The lowest BCUT2D eigenvalue weighted by Gasteiger charge is -2.10. The third kappa shape index (κ3) is 2.74. The van der Waals surface area contributed by atoms with Crippen LogP contribution >= 0.6 is 0 Å². The van der Waals surface area contributed by atoms with Gasteiger partial charge in [0.15, 0.2) is 0 Å². The average molecular weight is 195 g/mol. The summed E-state index contributed by atoms with van der Waals surface area (Å²) in [6.07, 6.45) is 0.